The van der Waals surface area contributed by atoms with Gasteiger partial charge in [-0.1, -0.05) is 0 Å². The molecule has 2 rings (SSSR count). The van der Waals surface area contributed by atoms with E-state index in [1.807, 2.05) is 0 Å². The average molecular weight is 181 g/mol. The van der Waals surface area contributed by atoms with Crippen molar-refractivity contribution >= 4 is 0 Å². The fraction of sp³-hybridized carbons (Fsp3) is 0.400. The summed E-state index contributed by atoms with van der Waals surface area (Å²) in [4.78, 5) is 0. The second-order valence-electron chi connectivity index (χ2n) is 3.50. The van der Waals surface area contributed by atoms with Gasteiger partial charge in [0.2, 0.25) is 0 Å². The minimum Gasteiger partial charge on any atom is -0.496 e. The smallest absolute Gasteiger partial charge is 0.124 e. The van der Waals surface area contributed by atoms with E-state index in [4.69, 9.17) is 10.5 Å². The summed E-state index contributed by atoms with van der Waals surface area (Å²) < 4.78 is 18.1. The maximum absolute atomic E-state index is 12.9. The summed E-state index contributed by atoms with van der Waals surface area (Å²) in [5.74, 6) is 0.425. The van der Waals surface area contributed by atoms with Crippen molar-refractivity contribution in [2.24, 2.45) is 5.73 Å². The monoisotopic (exact) mass is 181 g/mol. The minimum atomic E-state index is -0.340. The van der Waals surface area contributed by atoms with E-state index < -0.39 is 0 Å². The van der Waals surface area contributed by atoms with Gasteiger partial charge < -0.3 is 10.5 Å². The van der Waals surface area contributed by atoms with E-state index in [0.717, 1.165) is 18.4 Å². The molecule has 0 spiro atoms. The Bertz CT molecular complexity index is 334. The van der Waals surface area contributed by atoms with Crippen LogP contribution in [0.3, 0.4) is 0 Å². The summed E-state index contributed by atoms with van der Waals surface area (Å²) in [5, 5.41) is 0. The molecule has 70 valence electrons. The maximum atomic E-state index is 12.9. The summed E-state index contributed by atoms with van der Waals surface area (Å²) in [6.07, 6.45) is 1.82. The van der Waals surface area contributed by atoms with E-state index in [1.54, 1.807) is 13.2 Å². The highest BCUT2D eigenvalue weighted by Gasteiger charge is 2.42. The van der Waals surface area contributed by atoms with Crippen molar-refractivity contribution in [1.82, 2.24) is 0 Å². The number of hydrogen-bond donors (Lipinski definition) is 1. The predicted molar refractivity (Wildman–Crippen MR) is 48.1 cm³/mol. The Hall–Kier alpha value is -1.09. The van der Waals surface area contributed by atoms with Crippen molar-refractivity contribution in [2.75, 3.05) is 7.11 Å². The lowest BCUT2D eigenvalue weighted by molar-refractivity contribution is 0.403. The molecule has 0 amide bonds. The second-order valence-corrected chi connectivity index (χ2v) is 3.50. The van der Waals surface area contributed by atoms with Crippen LogP contribution in [0.15, 0.2) is 18.2 Å². The van der Waals surface area contributed by atoms with Gasteiger partial charge in [-0.3, -0.25) is 0 Å². The predicted octanol–water partition coefficient (Wildman–Crippen LogP) is 1.78. The van der Waals surface area contributed by atoms with Crippen LogP contribution in [0.25, 0.3) is 0 Å². The van der Waals surface area contributed by atoms with E-state index >= 15 is 0 Å². The van der Waals surface area contributed by atoms with Gasteiger partial charge in [-0.05, 0) is 31.0 Å². The van der Waals surface area contributed by atoms with Gasteiger partial charge in [0.25, 0.3) is 0 Å². The van der Waals surface area contributed by atoms with Gasteiger partial charge >= 0.3 is 0 Å². The Labute approximate surface area is 76.5 Å². The average Bonchev–Trinajstić information content (AvgIpc) is 2.85. The van der Waals surface area contributed by atoms with Crippen molar-refractivity contribution in [2.45, 2.75) is 18.4 Å². The molecule has 0 radical (unpaired) electrons. The highest BCUT2D eigenvalue weighted by Crippen LogP contribution is 2.46. The Morgan fingerprint density at radius 2 is 2.15 bits per heavy atom. The molecule has 3 heteroatoms. The molecule has 0 unspecified atom stereocenters. The zero-order valence-corrected chi connectivity index (χ0v) is 7.51. The first-order valence-electron chi connectivity index (χ1n) is 4.29. The van der Waals surface area contributed by atoms with Gasteiger partial charge in [0.15, 0.2) is 0 Å². The summed E-state index contributed by atoms with van der Waals surface area (Å²) in [7, 11) is 1.57. The SMILES string of the molecule is COc1ccc(F)cc1C1(N)CC1. The van der Waals surface area contributed by atoms with Crippen LogP contribution in [0.5, 0.6) is 5.75 Å². The first kappa shape index (κ1) is 8.51. The van der Waals surface area contributed by atoms with E-state index in [1.165, 1.54) is 12.1 Å². The topological polar surface area (TPSA) is 35.2 Å². The standard InChI is InChI=1S/C10H12FNO/c1-13-9-3-2-7(11)6-8(9)10(12)4-5-10/h2-3,6H,4-5,12H2,1H3. The highest BCUT2D eigenvalue weighted by atomic mass is 19.1. The molecule has 13 heavy (non-hydrogen) atoms. The molecule has 0 atom stereocenters. The summed E-state index contributed by atoms with van der Waals surface area (Å²) >= 11 is 0. The van der Waals surface area contributed by atoms with Crippen LogP contribution in [0.2, 0.25) is 0 Å². The second kappa shape index (κ2) is 2.70. The van der Waals surface area contributed by atoms with Crippen LogP contribution in [0, 0.1) is 5.82 Å². The van der Waals surface area contributed by atoms with Crippen molar-refractivity contribution < 1.29 is 9.13 Å². The van der Waals surface area contributed by atoms with Crippen LogP contribution in [0.1, 0.15) is 18.4 Å². The molecule has 2 nitrogen and oxygen atoms in total. The van der Waals surface area contributed by atoms with E-state index in [-0.39, 0.29) is 11.4 Å². The van der Waals surface area contributed by atoms with Crippen LogP contribution in [-0.2, 0) is 5.54 Å². The molecule has 1 fully saturated rings. The maximum Gasteiger partial charge on any atom is 0.124 e. The third-order valence-corrected chi connectivity index (χ3v) is 2.49. The third-order valence-electron chi connectivity index (χ3n) is 2.49. The summed E-state index contributed by atoms with van der Waals surface area (Å²) in [5.41, 5.74) is 6.41. The zero-order chi connectivity index (χ0) is 9.47. The first-order valence-corrected chi connectivity index (χ1v) is 4.29. The lowest BCUT2D eigenvalue weighted by Crippen LogP contribution is -2.19. The van der Waals surface area contributed by atoms with Gasteiger partial charge in [-0.2, -0.15) is 0 Å². The largest absolute Gasteiger partial charge is 0.496 e. The molecule has 0 saturated heterocycles. The Morgan fingerprint density at radius 1 is 1.46 bits per heavy atom. The van der Waals surface area contributed by atoms with Crippen LogP contribution in [0.4, 0.5) is 4.39 Å². The highest BCUT2D eigenvalue weighted by molar-refractivity contribution is 5.42. The molecule has 1 aromatic carbocycles. The van der Waals surface area contributed by atoms with Crippen molar-refractivity contribution in [1.29, 1.82) is 0 Å². The Kier molecular flexibility index (Phi) is 1.77. The first-order chi connectivity index (χ1) is 6.15. The molecular weight excluding hydrogens is 169 g/mol. The fourth-order valence-corrected chi connectivity index (χ4v) is 1.47. The summed E-state index contributed by atoms with van der Waals surface area (Å²) in [6, 6.07) is 4.47. The third kappa shape index (κ3) is 1.40. The Morgan fingerprint density at radius 3 is 2.69 bits per heavy atom. The normalized spacial score (nSPS) is 18.4. The lowest BCUT2D eigenvalue weighted by Gasteiger charge is -2.13. The molecule has 1 aromatic rings. The van der Waals surface area contributed by atoms with Crippen LogP contribution >= 0.6 is 0 Å². The van der Waals surface area contributed by atoms with Gasteiger partial charge in [0, 0.05) is 11.1 Å². The number of methoxy groups -OCH3 is 1. The molecule has 0 bridgehead atoms. The lowest BCUT2D eigenvalue weighted by atomic mass is 10.0. The fourth-order valence-electron chi connectivity index (χ4n) is 1.47. The van der Waals surface area contributed by atoms with E-state index in [2.05, 4.69) is 0 Å². The van der Waals surface area contributed by atoms with E-state index in [0.29, 0.717) is 5.75 Å². The van der Waals surface area contributed by atoms with Gasteiger partial charge in [-0.25, -0.2) is 4.39 Å². The van der Waals surface area contributed by atoms with Gasteiger partial charge in [0.1, 0.15) is 11.6 Å². The molecule has 1 saturated carbocycles. The van der Waals surface area contributed by atoms with Crippen LogP contribution in [-0.4, -0.2) is 7.11 Å². The van der Waals surface area contributed by atoms with Crippen molar-refractivity contribution in [3.8, 4) is 5.75 Å². The number of ether oxygens (including phenoxy) is 1. The molecule has 1 aliphatic rings. The van der Waals surface area contributed by atoms with E-state index in [9.17, 15) is 4.39 Å². The number of hydrogen-bond acceptors (Lipinski definition) is 2. The quantitative estimate of drug-likeness (QED) is 0.754. The molecular formula is C10H12FNO. The summed E-state index contributed by atoms with van der Waals surface area (Å²) in [6.45, 7) is 0. The number of halogens is 1. The Balaban J connectivity index is 2.47. The zero-order valence-electron chi connectivity index (χ0n) is 7.51. The number of rotatable bonds is 2. The molecule has 1 aliphatic carbocycles. The van der Waals surface area contributed by atoms with Gasteiger partial charge in [-0.15, -0.1) is 0 Å². The minimum absolute atomic E-state index is 0.257. The molecule has 0 heterocycles. The van der Waals surface area contributed by atoms with Crippen molar-refractivity contribution in [3.63, 3.8) is 0 Å². The van der Waals surface area contributed by atoms with Crippen LogP contribution < -0.4 is 10.5 Å². The number of nitrogens with two attached hydrogens (primary N) is 1. The van der Waals surface area contributed by atoms with Crippen molar-refractivity contribution in [3.05, 3.63) is 29.6 Å². The molecule has 0 aromatic heterocycles. The van der Waals surface area contributed by atoms with Gasteiger partial charge in [0.05, 0.1) is 7.11 Å². The molecule has 2 N–H and O–H groups in total. The number of benzene rings is 1. The molecule has 0 aliphatic heterocycles.